The predicted octanol–water partition coefficient (Wildman–Crippen LogP) is 0.860. The fourth-order valence-electron chi connectivity index (χ4n) is 1.16. The number of carboxylic acid groups (broad SMARTS) is 1. The molecule has 0 aromatic heterocycles. The van der Waals surface area contributed by atoms with Crippen molar-refractivity contribution in [2.45, 2.75) is 13.0 Å². The first-order valence-corrected chi connectivity index (χ1v) is 5.13. The summed E-state index contributed by atoms with van der Waals surface area (Å²) in [7, 11) is 0. The lowest BCUT2D eigenvalue weighted by Gasteiger charge is -2.12. The molecule has 0 aliphatic carbocycles. The van der Waals surface area contributed by atoms with Gasteiger partial charge in [-0.2, -0.15) is 0 Å². The maximum absolute atomic E-state index is 11.5. The Kier molecular flexibility index (Phi) is 4.86. The Labute approximate surface area is 103 Å². The standard InChI is InChI=1S/C12H12O6/c1-8(13)18-10(11(14)15)7-17-12(16)9-5-3-2-4-6-9/h2-6,10H,7H2,1H3,(H,14,15)/t10-/m1/s1. The van der Waals surface area contributed by atoms with Crippen LogP contribution in [0.3, 0.4) is 0 Å². The molecule has 0 spiro atoms. The summed E-state index contributed by atoms with van der Waals surface area (Å²) in [6, 6.07) is 8.10. The Balaban J connectivity index is 2.55. The molecule has 0 saturated carbocycles. The largest absolute Gasteiger partial charge is 0.478 e. The van der Waals surface area contributed by atoms with Crippen LogP contribution in [0.4, 0.5) is 0 Å². The number of hydrogen-bond donors (Lipinski definition) is 1. The lowest BCUT2D eigenvalue weighted by molar-refractivity contribution is -0.165. The number of carbonyl (C=O) groups is 3. The number of carbonyl (C=O) groups excluding carboxylic acids is 2. The molecule has 0 aliphatic heterocycles. The van der Waals surface area contributed by atoms with Gasteiger partial charge in [-0.3, -0.25) is 4.79 Å². The van der Waals surface area contributed by atoms with E-state index in [-0.39, 0.29) is 0 Å². The van der Waals surface area contributed by atoms with E-state index in [2.05, 4.69) is 4.74 Å². The Morgan fingerprint density at radius 3 is 2.33 bits per heavy atom. The number of carboxylic acids is 1. The zero-order valence-electron chi connectivity index (χ0n) is 9.66. The van der Waals surface area contributed by atoms with Crippen LogP contribution in [-0.4, -0.2) is 35.7 Å². The van der Waals surface area contributed by atoms with Gasteiger partial charge in [-0.1, -0.05) is 18.2 Å². The quantitative estimate of drug-likeness (QED) is 0.781. The van der Waals surface area contributed by atoms with Crippen LogP contribution in [0.1, 0.15) is 17.3 Å². The SMILES string of the molecule is CC(=O)O[C@H](COC(=O)c1ccccc1)C(=O)O. The topological polar surface area (TPSA) is 89.9 Å². The molecule has 0 radical (unpaired) electrons. The van der Waals surface area contributed by atoms with E-state index in [1.807, 2.05) is 0 Å². The Morgan fingerprint density at radius 1 is 1.22 bits per heavy atom. The molecule has 18 heavy (non-hydrogen) atoms. The van der Waals surface area contributed by atoms with Gasteiger partial charge in [0.2, 0.25) is 6.10 Å². The van der Waals surface area contributed by atoms with E-state index in [1.165, 1.54) is 12.1 Å². The van der Waals surface area contributed by atoms with Crippen LogP contribution in [-0.2, 0) is 19.1 Å². The van der Waals surface area contributed by atoms with E-state index in [4.69, 9.17) is 9.84 Å². The van der Waals surface area contributed by atoms with Gasteiger partial charge in [-0.15, -0.1) is 0 Å². The molecule has 1 aromatic rings. The monoisotopic (exact) mass is 252 g/mol. The second kappa shape index (κ2) is 6.39. The Bertz CT molecular complexity index is 439. The molecular formula is C12H12O6. The molecule has 1 N–H and O–H groups in total. The molecule has 6 heteroatoms. The molecule has 1 rings (SSSR count). The van der Waals surface area contributed by atoms with Crippen LogP contribution in [0.25, 0.3) is 0 Å². The summed E-state index contributed by atoms with van der Waals surface area (Å²) in [6.07, 6.45) is -1.49. The van der Waals surface area contributed by atoms with Crippen molar-refractivity contribution < 1.29 is 29.0 Å². The van der Waals surface area contributed by atoms with Gasteiger partial charge < -0.3 is 14.6 Å². The van der Waals surface area contributed by atoms with E-state index >= 15 is 0 Å². The van der Waals surface area contributed by atoms with E-state index in [0.717, 1.165) is 6.92 Å². The maximum Gasteiger partial charge on any atom is 0.348 e. The first-order valence-electron chi connectivity index (χ1n) is 5.13. The third kappa shape index (κ3) is 4.25. The summed E-state index contributed by atoms with van der Waals surface area (Å²) in [4.78, 5) is 32.9. The van der Waals surface area contributed by atoms with Gasteiger partial charge >= 0.3 is 17.9 Å². The summed E-state index contributed by atoms with van der Waals surface area (Å²) < 4.78 is 9.24. The number of benzene rings is 1. The lowest BCUT2D eigenvalue weighted by Crippen LogP contribution is -2.32. The number of ether oxygens (including phenoxy) is 2. The summed E-state index contributed by atoms with van der Waals surface area (Å²) in [5.41, 5.74) is 0.296. The van der Waals surface area contributed by atoms with Gasteiger partial charge in [-0.25, -0.2) is 9.59 Å². The zero-order valence-corrected chi connectivity index (χ0v) is 9.66. The number of aliphatic carboxylic acids is 1. The molecular weight excluding hydrogens is 240 g/mol. The van der Waals surface area contributed by atoms with Crippen LogP contribution >= 0.6 is 0 Å². The zero-order chi connectivity index (χ0) is 13.5. The van der Waals surface area contributed by atoms with Crippen molar-refractivity contribution in [1.29, 1.82) is 0 Å². The normalized spacial score (nSPS) is 11.4. The molecule has 0 unspecified atom stereocenters. The highest BCUT2D eigenvalue weighted by molar-refractivity contribution is 5.89. The molecule has 96 valence electrons. The fraction of sp³-hybridized carbons (Fsp3) is 0.250. The highest BCUT2D eigenvalue weighted by atomic mass is 16.6. The Morgan fingerprint density at radius 2 is 1.83 bits per heavy atom. The van der Waals surface area contributed by atoms with Gasteiger partial charge in [0.15, 0.2) is 0 Å². The van der Waals surface area contributed by atoms with Crippen molar-refractivity contribution in [3.8, 4) is 0 Å². The molecule has 1 aromatic carbocycles. The predicted molar refractivity (Wildman–Crippen MR) is 59.9 cm³/mol. The summed E-state index contributed by atoms with van der Waals surface area (Å²) in [6.45, 7) is 0.553. The molecule has 0 amide bonds. The minimum atomic E-state index is -1.49. The number of hydrogen-bond acceptors (Lipinski definition) is 5. The minimum Gasteiger partial charge on any atom is -0.478 e. The van der Waals surface area contributed by atoms with Gasteiger partial charge in [0.1, 0.15) is 6.61 Å². The van der Waals surface area contributed by atoms with E-state index < -0.39 is 30.6 Å². The van der Waals surface area contributed by atoms with Crippen molar-refractivity contribution in [2.75, 3.05) is 6.61 Å². The molecule has 0 heterocycles. The molecule has 6 nitrogen and oxygen atoms in total. The van der Waals surface area contributed by atoms with Crippen molar-refractivity contribution >= 4 is 17.9 Å². The third-order valence-electron chi connectivity index (χ3n) is 1.96. The second-order valence-corrected chi connectivity index (χ2v) is 3.40. The lowest BCUT2D eigenvalue weighted by atomic mass is 10.2. The van der Waals surface area contributed by atoms with Gasteiger partial charge in [0, 0.05) is 6.92 Å². The van der Waals surface area contributed by atoms with Crippen molar-refractivity contribution in [3.05, 3.63) is 35.9 Å². The van der Waals surface area contributed by atoms with E-state index in [9.17, 15) is 14.4 Å². The Hall–Kier alpha value is -2.37. The van der Waals surface area contributed by atoms with Gasteiger partial charge in [0.05, 0.1) is 5.56 Å². The van der Waals surface area contributed by atoms with Crippen LogP contribution in [0.15, 0.2) is 30.3 Å². The van der Waals surface area contributed by atoms with E-state index in [1.54, 1.807) is 18.2 Å². The highest BCUT2D eigenvalue weighted by Gasteiger charge is 2.23. The fourth-order valence-corrected chi connectivity index (χ4v) is 1.16. The average molecular weight is 252 g/mol. The summed E-state index contributed by atoms with van der Waals surface area (Å²) in [5, 5.41) is 8.74. The minimum absolute atomic E-state index is 0.296. The van der Waals surface area contributed by atoms with Gasteiger partial charge in [-0.05, 0) is 12.1 Å². The van der Waals surface area contributed by atoms with Crippen LogP contribution < -0.4 is 0 Å². The third-order valence-corrected chi connectivity index (χ3v) is 1.96. The smallest absolute Gasteiger partial charge is 0.348 e. The number of rotatable bonds is 5. The van der Waals surface area contributed by atoms with Crippen molar-refractivity contribution in [1.82, 2.24) is 0 Å². The van der Waals surface area contributed by atoms with Crippen LogP contribution in [0.2, 0.25) is 0 Å². The molecule has 0 bridgehead atoms. The maximum atomic E-state index is 11.5. The number of esters is 2. The van der Waals surface area contributed by atoms with Crippen molar-refractivity contribution in [2.24, 2.45) is 0 Å². The van der Waals surface area contributed by atoms with Crippen LogP contribution in [0.5, 0.6) is 0 Å². The molecule has 1 atom stereocenters. The average Bonchev–Trinajstić information content (AvgIpc) is 2.34. The van der Waals surface area contributed by atoms with Crippen LogP contribution in [0, 0.1) is 0 Å². The van der Waals surface area contributed by atoms with E-state index in [0.29, 0.717) is 5.56 Å². The molecule has 0 fully saturated rings. The second-order valence-electron chi connectivity index (χ2n) is 3.40. The molecule has 0 aliphatic rings. The molecule has 0 saturated heterocycles. The van der Waals surface area contributed by atoms with Gasteiger partial charge in [0.25, 0.3) is 0 Å². The summed E-state index contributed by atoms with van der Waals surface area (Å²) in [5.74, 6) is -2.79. The van der Waals surface area contributed by atoms with Crippen molar-refractivity contribution in [3.63, 3.8) is 0 Å². The first-order chi connectivity index (χ1) is 8.50. The summed E-state index contributed by atoms with van der Waals surface area (Å²) >= 11 is 0. The first kappa shape index (κ1) is 13.7. The highest BCUT2D eigenvalue weighted by Crippen LogP contribution is 2.03.